The summed E-state index contributed by atoms with van der Waals surface area (Å²) in [6, 6.07) is 12.1. The van der Waals surface area contributed by atoms with Crippen molar-refractivity contribution in [2.75, 3.05) is 37.6 Å². The topological polar surface area (TPSA) is 81.8 Å². The van der Waals surface area contributed by atoms with Crippen molar-refractivity contribution in [3.63, 3.8) is 0 Å². The SMILES string of the molecule is CC(C)[C@H](NC(=O)c1c(F)cccc1F)C(=O)NCCC(=O)N1CCN(c2ccccc2)CC1. The van der Waals surface area contributed by atoms with Gasteiger partial charge in [0.25, 0.3) is 5.91 Å². The molecule has 9 heteroatoms. The third-order valence-electron chi connectivity index (χ3n) is 5.82. The van der Waals surface area contributed by atoms with Crippen molar-refractivity contribution in [1.29, 1.82) is 0 Å². The van der Waals surface area contributed by atoms with E-state index in [0.29, 0.717) is 13.1 Å². The zero-order valence-corrected chi connectivity index (χ0v) is 19.4. The van der Waals surface area contributed by atoms with E-state index in [0.717, 1.165) is 37.0 Å². The molecule has 0 aromatic heterocycles. The van der Waals surface area contributed by atoms with Gasteiger partial charge in [0.1, 0.15) is 23.2 Å². The van der Waals surface area contributed by atoms with Crippen LogP contribution in [0.25, 0.3) is 0 Å². The monoisotopic (exact) mass is 472 g/mol. The second-order valence-electron chi connectivity index (χ2n) is 8.54. The smallest absolute Gasteiger partial charge is 0.257 e. The lowest BCUT2D eigenvalue weighted by Gasteiger charge is -2.36. The van der Waals surface area contributed by atoms with E-state index in [1.807, 2.05) is 30.3 Å². The number of carbonyl (C=O) groups is 3. The number of halogens is 2. The fraction of sp³-hybridized carbons (Fsp3) is 0.400. The quantitative estimate of drug-likeness (QED) is 0.619. The lowest BCUT2D eigenvalue weighted by atomic mass is 10.0. The number of carbonyl (C=O) groups excluding carboxylic acids is 3. The number of nitrogens with one attached hydrogen (secondary N) is 2. The van der Waals surface area contributed by atoms with Crippen LogP contribution in [0.2, 0.25) is 0 Å². The predicted molar refractivity (Wildman–Crippen MR) is 125 cm³/mol. The number of nitrogens with zero attached hydrogens (tertiary/aromatic N) is 2. The molecule has 3 amide bonds. The third kappa shape index (κ3) is 6.30. The second kappa shape index (κ2) is 11.6. The van der Waals surface area contributed by atoms with Crippen molar-refractivity contribution in [3.05, 3.63) is 65.7 Å². The summed E-state index contributed by atoms with van der Waals surface area (Å²) in [5.74, 6) is -3.91. The Morgan fingerprint density at radius 2 is 1.53 bits per heavy atom. The van der Waals surface area contributed by atoms with Crippen LogP contribution in [-0.2, 0) is 9.59 Å². The summed E-state index contributed by atoms with van der Waals surface area (Å²) < 4.78 is 27.8. The van der Waals surface area contributed by atoms with Crippen molar-refractivity contribution in [2.24, 2.45) is 5.92 Å². The Bertz CT molecular complexity index is 988. The lowest BCUT2D eigenvalue weighted by Crippen LogP contribution is -2.51. The second-order valence-corrected chi connectivity index (χ2v) is 8.54. The number of anilines is 1. The molecule has 2 N–H and O–H groups in total. The van der Waals surface area contributed by atoms with Gasteiger partial charge in [0.15, 0.2) is 0 Å². The van der Waals surface area contributed by atoms with Crippen LogP contribution in [-0.4, -0.2) is 61.4 Å². The number of rotatable bonds is 8. The molecule has 0 bridgehead atoms. The third-order valence-corrected chi connectivity index (χ3v) is 5.82. The highest BCUT2D eigenvalue weighted by molar-refractivity contribution is 5.98. The zero-order valence-electron chi connectivity index (χ0n) is 19.4. The van der Waals surface area contributed by atoms with Crippen LogP contribution in [0.5, 0.6) is 0 Å². The fourth-order valence-corrected chi connectivity index (χ4v) is 3.88. The number of hydrogen-bond donors (Lipinski definition) is 2. The molecule has 0 radical (unpaired) electrons. The highest BCUT2D eigenvalue weighted by atomic mass is 19.1. The molecule has 1 aliphatic heterocycles. The summed E-state index contributed by atoms with van der Waals surface area (Å²) in [6.07, 6.45) is 0.123. The van der Waals surface area contributed by atoms with Crippen molar-refractivity contribution in [1.82, 2.24) is 15.5 Å². The number of benzene rings is 2. The number of piperazine rings is 1. The Morgan fingerprint density at radius 1 is 0.912 bits per heavy atom. The molecule has 1 fully saturated rings. The number of amides is 3. The van der Waals surface area contributed by atoms with Crippen LogP contribution in [0, 0.1) is 17.6 Å². The van der Waals surface area contributed by atoms with E-state index in [9.17, 15) is 23.2 Å². The largest absolute Gasteiger partial charge is 0.368 e. The van der Waals surface area contributed by atoms with E-state index < -0.39 is 35.1 Å². The molecule has 1 heterocycles. The summed E-state index contributed by atoms with van der Waals surface area (Å²) in [5.41, 5.74) is 0.393. The molecule has 2 aromatic rings. The van der Waals surface area contributed by atoms with Gasteiger partial charge >= 0.3 is 0 Å². The molecular formula is C25H30F2N4O3. The first-order chi connectivity index (χ1) is 16.3. The summed E-state index contributed by atoms with van der Waals surface area (Å²) in [6.45, 7) is 6.18. The van der Waals surface area contributed by atoms with Gasteiger partial charge in [-0.25, -0.2) is 8.78 Å². The summed E-state index contributed by atoms with van der Waals surface area (Å²) in [4.78, 5) is 41.6. The molecule has 0 saturated carbocycles. The fourth-order valence-electron chi connectivity index (χ4n) is 3.88. The molecule has 7 nitrogen and oxygen atoms in total. The first-order valence-corrected chi connectivity index (χ1v) is 11.4. The van der Waals surface area contributed by atoms with E-state index in [-0.39, 0.29) is 24.8 Å². The minimum Gasteiger partial charge on any atom is -0.368 e. The first kappa shape index (κ1) is 25.1. The van der Waals surface area contributed by atoms with Gasteiger partial charge in [-0.15, -0.1) is 0 Å². The minimum absolute atomic E-state index is 0.0634. The van der Waals surface area contributed by atoms with Crippen molar-refractivity contribution >= 4 is 23.4 Å². The van der Waals surface area contributed by atoms with Crippen LogP contribution >= 0.6 is 0 Å². The Hall–Kier alpha value is -3.49. The minimum atomic E-state index is -1.00. The number of hydrogen-bond acceptors (Lipinski definition) is 4. The normalized spacial score (nSPS) is 14.6. The molecule has 182 valence electrons. The molecule has 0 aliphatic carbocycles. The maximum Gasteiger partial charge on any atom is 0.257 e. The van der Waals surface area contributed by atoms with Gasteiger partial charge in [0, 0.05) is 44.8 Å². The Morgan fingerprint density at radius 3 is 2.12 bits per heavy atom. The molecule has 1 atom stereocenters. The van der Waals surface area contributed by atoms with Crippen molar-refractivity contribution < 1.29 is 23.2 Å². The molecule has 34 heavy (non-hydrogen) atoms. The molecular weight excluding hydrogens is 442 g/mol. The lowest BCUT2D eigenvalue weighted by molar-refractivity contribution is -0.131. The standard InChI is InChI=1S/C25H30F2N4O3/c1-17(2)23(29-24(33)22-19(26)9-6-10-20(22)27)25(34)28-12-11-21(32)31-15-13-30(14-16-31)18-7-4-3-5-8-18/h3-10,17,23H,11-16H2,1-2H3,(H,28,34)(H,29,33)/t23-/m0/s1. The van der Waals surface area contributed by atoms with E-state index in [1.165, 1.54) is 0 Å². The van der Waals surface area contributed by atoms with E-state index in [4.69, 9.17) is 0 Å². The van der Waals surface area contributed by atoms with Crippen LogP contribution in [0.4, 0.5) is 14.5 Å². The van der Waals surface area contributed by atoms with Gasteiger partial charge in [0.05, 0.1) is 0 Å². The molecule has 0 unspecified atom stereocenters. The first-order valence-electron chi connectivity index (χ1n) is 11.4. The van der Waals surface area contributed by atoms with Crippen LogP contribution in [0.15, 0.2) is 48.5 Å². The van der Waals surface area contributed by atoms with Crippen molar-refractivity contribution in [2.45, 2.75) is 26.3 Å². The molecule has 0 spiro atoms. The Labute approximate surface area is 198 Å². The maximum atomic E-state index is 13.9. The molecule has 2 aromatic carbocycles. The van der Waals surface area contributed by atoms with Crippen molar-refractivity contribution in [3.8, 4) is 0 Å². The predicted octanol–water partition coefficient (Wildman–Crippen LogP) is 2.57. The highest BCUT2D eigenvalue weighted by Gasteiger charge is 2.27. The van der Waals surface area contributed by atoms with E-state index in [1.54, 1.807) is 18.7 Å². The van der Waals surface area contributed by atoms with Gasteiger partial charge in [-0.2, -0.15) is 0 Å². The van der Waals surface area contributed by atoms with Gasteiger partial charge in [-0.05, 0) is 30.2 Å². The summed E-state index contributed by atoms with van der Waals surface area (Å²) in [5, 5.41) is 5.06. The summed E-state index contributed by atoms with van der Waals surface area (Å²) >= 11 is 0. The average Bonchev–Trinajstić information content (AvgIpc) is 2.82. The van der Waals surface area contributed by atoms with Gasteiger partial charge in [0.2, 0.25) is 11.8 Å². The van der Waals surface area contributed by atoms with Crippen LogP contribution in [0.1, 0.15) is 30.6 Å². The molecule has 1 aliphatic rings. The molecule has 1 saturated heterocycles. The van der Waals surface area contributed by atoms with Gasteiger partial charge in [-0.1, -0.05) is 38.1 Å². The van der Waals surface area contributed by atoms with Gasteiger partial charge in [-0.3, -0.25) is 14.4 Å². The Balaban J connectivity index is 1.47. The zero-order chi connectivity index (χ0) is 24.7. The van der Waals surface area contributed by atoms with Crippen LogP contribution in [0.3, 0.4) is 0 Å². The van der Waals surface area contributed by atoms with Crippen LogP contribution < -0.4 is 15.5 Å². The molecule has 3 rings (SSSR count). The Kier molecular flexibility index (Phi) is 8.56. The average molecular weight is 473 g/mol. The van der Waals surface area contributed by atoms with E-state index >= 15 is 0 Å². The highest BCUT2D eigenvalue weighted by Crippen LogP contribution is 2.16. The summed E-state index contributed by atoms with van der Waals surface area (Å²) in [7, 11) is 0. The van der Waals surface area contributed by atoms with E-state index in [2.05, 4.69) is 15.5 Å². The number of para-hydroxylation sites is 1. The van der Waals surface area contributed by atoms with Gasteiger partial charge < -0.3 is 20.4 Å². The maximum absolute atomic E-state index is 13.9.